The van der Waals surface area contributed by atoms with Crippen LogP contribution in [0.2, 0.25) is 0 Å². The molecule has 74 valence electrons. The van der Waals surface area contributed by atoms with Gasteiger partial charge in [-0.05, 0) is 18.9 Å². The van der Waals surface area contributed by atoms with Gasteiger partial charge in [0.25, 0.3) is 0 Å². The van der Waals surface area contributed by atoms with Crippen molar-refractivity contribution >= 4 is 12.4 Å². The second-order valence-corrected chi connectivity index (χ2v) is 3.26. The zero-order valence-electron chi connectivity index (χ0n) is 8.13. The number of nitrogens with one attached hydrogen (secondary N) is 1. The van der Waals surface area contributed by atoms with Crippen molar-refractivity contribution in [2.24, 2.45) is 0 Å². The lowest BCUT2D eigenvalue weighted by atomic mass is 10.1. The summed E-state index contributed by atoms with van der Waals surface area (Å²) in [7, 11) is 0. The SMILES string of the molecule is CCc1c(C)nn2c1CNCC2.Cl. The van der Waals surface area contributed by atoms with E-state index in [1.165, 1.54) is 17.0 Å². The summed E-state index contributed by atoms with van der Waals surface area (Å²) in [5, 5.41) is 7.87. The van der Waals surface area contributed by atoms with Gasteiger partial charge in [0.05, 0.1) is 17.9 Å². The van der Waals surface area contributed by atoms with Gasteiger partial charge in [0.2, 0.25) is 0 Å². The smallest absolute Gasteiger partial charge is 0.0628 e. The van der Waals surface area contributed by atoms with Crippen LogP contribution in [0.3, 0.4) is 0 Å². The van der Waals surface area contributed by atoms with E-state index in [4.69, 9.17) is 0 Å². The summed E-state index contributed by atoms with van der Waals surface area (Å²) in [4.78, 5) is 0. The molecule has 1 aliphatic rings. The fourth-order valence-electron chi connectivity index (χ4n) is 1.90. The average Bonchev–Trinajstić information content (AvgIpc) is 2.40. The van der Waals surface area contributed by atoms with Crippen LogP contribution in [-0.4, -0.2) is 16.3 Å². The summed E-state index contributed by atoms with van der Waals surface area (Å²) in [6.07, 6.45) is 1.10. The third-order valence-corrected chi connectivity index (χ3v) is 2.51. The first-order valence-corrected chi connectivity index (χ1v) is 4.58. The second-order valence-electron chi connectivity index (χ2n) is 3.26. The number of hydrogen-bond donors (Lipinski definition) is 1. The molecule has 4 heteroatoms. The number of rotatable bonds is 1. The Bertz CT molecular complexity index is 293. The summed E-state index contributed by atoms with van der Waals surface area (Å²) in [5.74, 6) is 0. The van der Waals surface area contributed by atoms with Crippen molar-refractivity contribution in [3.8, 4) is 0 Å². The molecule has 0 spiro atoms. The van der Waals surface area contributed by atoms with E-state index < -0.39 is 0 Å². The van der Waals surface area contributed by atoms with E-state index in [0.29, 0.717) is 0 Å². The Labute approximate surface area is 84.9 Å². The Balaban J connectivity index is 0.000000845. The summed E-state index contributed by atoms with van der Waals surface area (Å²) < 4.78 is 2.14. The van der Waals surface area contributed by atoms with Crippen LogP contribution < -0.4 is 5.32 Å². The van der Waals surface area contributed by atoms with E-state index >= 15 is 0 Å². The van der Waals surface area contributed by atoms with E-state index in [0.717, 1.165) is 26.1 Å². The lowest BCUT2D eigenvalue weighted by molar-refractivity contribution is 0.472. The van der Waals surface area contributed by atoms with Crippen LogP contribution in [0.5, 0.6) is 0 Å². The van der Waals surface area contributed by atoms with Gasteiger partial charge in [-0.25, -0.2) is 0 Å². The van der Waals surface area contributed by atoms with E-state index in [9.17, 15) is 0 Å². The first kappa shape index (κ1) is 10.5. The molecular formula is C9H16ClN3. The van der Waals surface area contributed by atoms with Crippen LogP contribution in [0.4, 0.5) is 0 Å². The monoisotopic (exact) mass is 201 g/mol. The summed E-state index contributed by atoms with van der Waals surface area (Å²) >= 11 is 0. The van der Waals surface area contributed by atoms with Crippen LogP contribution in [0.15, 0.2) is 0 Å². The summed E-state index contributed by atoms with van der Waals surface area (Å²) in [5.41, 5.74) is 4.03. The molecule has 0 saturated heterocycles. The van der Waals surface area contributed by atoms with Crippen molar-refractivity contribution in [1.82, 2.24) is 15.1 Å². The van der Waals surface area contributed by atoms with Crippen molar-refractivity contribution < 1.29 is 0 Å². The third kappa shape index (κ3) is 1.71. The Morgan fingerprint density at radius 2 is 2.31 bits per heavy atom. The number of fused-ring (bicyclic) bond motifs is 1. The molecule has 2 heterocycles. The maximum absolute atomic E-state index is 4.50. The second kappa shape index (κ2) is 4.11. The zero-order chi connectivity index (χ0) is 8.55. The normalized spacial score (nSPS) is 14.9. The van der Waals surface area contributed by atoms with Gasteiger partial charge < -0.3 is 5.32 Å². The van der Waals surface area contributed by atoms with Crippen molar-refractivity contribution in [1.29, 1.82) is 0 Å². The summed E-state index contributed by atoms with van der Waals surface area (Å²) in [6, 6.07) is 0. The summed E-state index contributed by atoms with van der Waals surface area (Å²) in [6.45, 7) is 7.36. The molecular weight excluding hydrogens is 186 g/mol. The molecule has 0 unspecified atom stereocenters. The third-order valence-electron chi connectivity index (χ3n) is 2.51. The number of aryl methyl sites for hydroxylation is 1. The molecule has 0 aromatic carbocycles. The minimum Gasteiger partial charge on any atom is -0.309 e. The van der Waals surface area contributed by atoms with Crippen LogP contribution >= 0.6 is 12.4 Å². The highest BCUT2D eigenvalue weighted by atomic mass is 35.5. The number of aromatic nitrogens is 2. The Hall–Kier alpha value is -0.540. The minimum absolute atomic E-state index is 0. The van der Waals surface area contributed by atoms with Gasteiger partial charge in [-0.3, -0.25) is 4.68 Å². The Morgan fingerprint density at radius 3 is 3.00 bits per heavy atom. The molecule has 13 heavy (non-hydrogen) atoms. The van der Waals surface area contributed by atoms with E-state index in [1.54, 1.807) is 0 Å². The molecule has 1 aromatic rings. The highest BCUT2D eigenvalue weighted by Gasteiger charge is 2.15. The Morgan fingerprint density at radius 1 is 1.54 bits per heavy atom. The van der Waals surface area contributed by atoms with Gasteiger partial charge in [-0.1, -0.05) is 6.92 Å². The number of halogens is 1. The number of nitrogens with zero attached hydrogens (tertiary/aromatic N) is 2. The highest BCUT2D eigenvalue weighted by molar-refractivity contribution is 5.85. The van der Waals surface area contributed by atoms with Crippen molar-refractivity contribution in [2.75, 3.05) is 6.54 Å². The van der Waals surface area contributed by atoms with Gasteiger partial charge >= 0.3 is 0 Å². The van der Waals surface area contributed by atoms with Crippen molar-refractivity contribution in [3.05, 3.63) is 17.0 Å². The molecule has 0 radical (unpaired) electrons. The van der Waals surface area contributed by atoms with E-state index in [2.05, 4.69) is 28.9 Å². The van der Waals surface area contributed by atoms with Crippen molar-refractivity contribution in [2.45, 2.75) is 33.4 Å². The van der Waals surface area contributed by atoms with Crippen LogP contribution in [0.25, 0.3) is 0 Å². The average molecular weight is 202 g/mol. The largest absolute Gasteiger partial charge is 0.309 e. The molecule has 2 rings (SSSR count). The van der Waals surface area contributed by atoms with Gasteiger partial charge in [-0.15, -0.1) is 12.4 Å². The van der Waals surface area contributed by atoms with E-state index in [1.807, 2.05) is 0 Å². The molecule has 0 bridgehead atoms. The molecule has 0 atom stereocenters. The molecule has 0 amide bonds. The molecule has 0 saturated carbocycles. The lowest BCUT2D eigenvalue weighted by Gasteiger charge is -2.15. The van der Waals surface area contributed by atoms with Crippen LogP contribution in [0, 0.1) is 6.92 Å². The standard InChI is InChI=1S/C9H15N3.ClH/c1-3-8-7(2)11-12-5-4-10-6-9(8)12;/h10H,3-6H2,1-2H3;1H. The zero-order valence-corrected chi connectivity index (χ0v) is 8.95. The van der Waals surface area contributed by atoms with Crippen LogP contribution in [0.1, 0.15) is 23.9 Å². The van der Waals surface area contributed by atoms with Crippen molar-refractivity contribution in [3.63, 3.8) is 0 Å². The van der Waals surface area contributed by atoms with Crippen LogP contribution in [-0.2, 0) is 19.5 Å². The lowest BCUT2D eigenvalue weighted by Crippen LogP contribution is -2.28. The van der Waals surface area contributed by atoms with E-state index in [-0.39, 0.29) is 12.4 Å². The maximum atomic E-state index is 4.50. The molecule has 0 aliphatic carbocycles. The first-order valence-electron chi connectivity index (χ1n) is 4.58. The van der Waals surface area contributed by atoms with Gasteiger partial charge in [-0.2, -0.15) is 5.10 Å². The highest BCUT2D eigenvalue weighted by Crippen LogP contribution is 2.16. The predicted molar refractivity (Wildman–Crippen MR) is 55.3 cm³/mol. The fraction of sp³-hybridized carbons (Fsp3) is 0.667. The molecule has 1 N–H and O–H groups in total. The first-order chi connectivity index (χ1) is 5.83. The Kier molecular flexibility index (Phi) is 3.33. The molecule has 0 fully saturated rings. The quantitative estimate of drug-likeness (QED) is 0.742. The maximum Gasteiger partial charge on any atom is 0.0628 e. The molecule has 3 nitrogen and oxygen atoms in total. The van der Waals surface area contributed by atoms with Gasteiger partial charge in [0.1, 0.15) is 0 Å². The van der Waals surface area contributed by atoms with Gasteiger partial charge in [0, 0.05) is 13.1 Å². The fourth-order valence-corrected chi connectivity index (χ4v) is 1.90. The molecule has 1 aliphatic heterocycles. The minimum atomic E-state index is 0. The number of hydrogen-bond acceptors (Lipinski definition) is 2. The topological polar surface area (TPSA) is 29.9 Å². The predicted octanol–water partition coefficient (Wildman–Crippen LogP) is 1.28. The van der Waals surface area contributed by atoms with Gasteiger partial charge in [0.15, 0.2) is 0 Å². The molecule has 1 aromatic heterocycles.